The third kappa shape index (κ3) is 4.08. The first-order chi connectivity index (χ1) is 9.19. The first kappa shape index (κ1) is 14.1. The van der Waals surface area contributed by atoms with Crippen molar-refractivity contribution < 1.29 is 0 Å². The van der Waals surface area contributed by atoms with Crippen molar-refractivity contribution >= 4 is 11.6 Å². The first-order valence-corrected chi connectivity index (χ1v) is 7.07. The van der Waals surface area contributed by atoms with Crippen molar-refractivity contribution in [2.45, 2.75) is 39.4 Å². The Kier molecular flexibility index (Phi) is 5.00. The smallest absolute Gasteiger partial charge is 0.0534 e. The second-order valence-electron chi connectivity index (χ2n) is 4.77. The van der Waals surface area contributed by atoms with E-state index in [1.54, 1.807) is 0 Å². The van der Waals surface area contributed by atoms with Crippen LogP contribution in [-0.2, 0) is 13.1 Å². The van der Waals surface area contributed by atoms with Gasteiger partial charge < -0.3 is 5.32 Å². The summed E-state index contributed by atoms with van der Waals surface area (Å²) in [5, 5.41) is 8.59. The molecule has 0 radical (unpaired) electrons. The molecule has 0 amide bonds. The summed E-state index contributed by atoms with van der Waals surface area (Å²) in [6.07, 6.45) is 5.13. The Labute approximate surface area is 119 Å². The van der Waals surface area contributed by atoms with Gasteiger partial charge >= 0.3 is 0 Å². The van der Waals surface area contributed by atoms with E-state index < -0.39 is 0 Å². The maximum atomic E-state index is 6.00. The summed E-state index contributed by atoms with van der Waals surface area (Å²) >= 11 is 6.00. The van der Waals surface area contributed by atoms with Crippen LogP contribution < -0.4 is 5.32 Å². The largest absolute Gasteiger partial charge is 0.306 e. The molecule has 1 aromatic heterocycles. The molecule has 0 aliphatic carbocycles. The lowest BCUT2D eigenvalue weighted by Crippen LogP contribution is -2.17. The quantitative estimate of drug-likeness (QED) is 0.870. The topological polar surface area (TPSA) is 29.9 Å². The molecular weight excluding hydrogens is 258 g/mol. The number of hydrogen-bond donors (Lipinski definition) is 1. The van der Waals surface area contributed by atoms with Gasteiger partial charge in [-0.25, -0.2) is 0 Å². The van der Waals surface area contributed by atoms with E-state index in [0.29, 0.717) is 0 Å². The average molecular weight is 278 g/mol. The summed E-state index contributed by atoms with van der Waals surface area (Å²) in [7, 11) is 0. The standard InChI is InChI=1S/C15H20ClN3/c1-3-7-19-11-13(10-18-19)9-17-12(2)14-5-4-6-15(16)8-14/h4-6,8,10-12,17H,3,7,9H2,1-2H3/t12-/m0/s1. The number of nitrogens with zero attached hydrogens (tertiary/aromatic N) is 2. The molecule has 2 rings (SSSR count). The molecule has 0 saturated heterocycles. The number of benzene rings is 1. The van der Waals surface area contributed by atoms with Crippen molar-refractivity contribution in [1.82, 2.24) is 15.1 Å². The van der Waals surface area contributed by atoms with E-state index in [1.807, 2.05) is 29.1 Å². The normalized spacial score (nSPS) is 12.6. The zero-order valence-corrected chi connectivity index (χ0v) is 12.2. The molecule has 0 bridgehead atoms. The van der Waals surface area contributed by atoms with Crippen molar-refractivity contribution in [3.8, 4) is 0 Å². The number of rotatable bonds is 6. The molecule has 3 nitrogen and oxygen atoms in total. The lowest BCUT2D eigenvalue weighted by atomic mass is 10.1. The van der Waals surface area contributed by atoms with E-state index in [4.69, 9.17) is 11.6 Å². The fourth-order valence-corrected chi connectivity index (χ4v) is 2.21. The molecule has 1 heterocycles. The van der Waals surface area contributed by atoms with Crippen LogP contribution in [0.1, 0.15) is 37.4 Å². The minimum atomic E-state index is 0.272. The van der Waals surface area contributed by atoms with Crippen LogP contribution >= 0.6 is 11.6 Å². The van der Waals surface area contributed by atoms with E-state index >= 15 is 0 Å². The van der Waals surface area contributed by atoms with E-state index in [2.05, 4.69) is 36.5 Å². The van der Waals surface area contributed by atoms with Gasteiger partial charge in [-0.1, -0.05) is 30.7 Å². The Morgan fingerprint density at radius 2 is 2.26 bits per heavy atom. The highest BCUT2D eigenvalue weighted by atomic mass is 35.5. The Morgan fingerprint density at radius 1 is 1.42 bits per heavy atom. The van der Waals surface area contributed by atoms with Gasteiger partial charge in [0.15, 0.2) is 0 Å². The number of hydrogen-bond acceptors (Lipinski definition) is 2. The summed E-state index contributed by atoms with van der Waals surface area (Å²) < 4.78 is 1.99. The lowest BCUT2D eigenvalue weighted by Gasteiger charge is -2.13. The minimum absolute atomic E-state index is 0.272. The second-order valence-corrected chi connectivity index (χ2v) is 5.21. The monoisotopic (exact) mass is 277 g/mol. The van der Waals surface area contributed by atoms with Gasteiger partial charge in [-0.2, -0.15) is 5.10 Å². The zero-order chi connectivity index (χ0) is 13.7. The maximum Gasteiger partial charge on any atom is 0.0534 e. The zero-order valence-electron chi connectivity index (χ0n) is 11.4. The van der Waals surface area contributed by atoms with Crippen LogP contribution in [0.2, 0.25) is 5.02 Å². The molecule has 2 aromatic rings. The molecule has 102 valence electrons. The van der Waals surface area contributed by atoms with Crippen LogP contribution in [0, 0.1) is 0 Å². The van der Waals surface area contributed by atoms with Gasteiger partial charge in [0.1, 0.15) is 0 Å². The maximum absolute atomic E-state index is 6.00. The molecule has 0 unspecified atom stereocenters. The minimum Gasteiger partial charge on any atom is -0.306 e. The highest BCUT2D eigenvalue weighted by Gasteiger charge is 2.06. The van der Waals surface area contributed by atoms with E-state index in [9.17, 15) is 0 Å². The SMILES string of the molecule is CCCn1cc(CN[C@@H](C)c2cccc(Cl)c2)cn1. The van der Waals surface area contributed by atoms with Crippen LogP contribution in [0.25, 0.3) is 0 Å². The fraction of sp³-hybridized carbons (Fsp3) is 0.400. The van der Waals surface area contributed by atoms with Crippen LogP contribution in [-0.4, -0.2) is 9.78 Å². The van der Waals surface area contributed by atoms with Gasteiger partial charge in [0, 0.05) is 35.9 Å². The number of nitrogens with one attached hydrogen (secondary N) is 1. The van der Waals surface area contributed by atoms with Crippen molar-refractivity contribution in [2.24, 2.45) is 0 Å². The lowest BCUT2D eigenvalue weighted by molar-refractivity contribution is 0.572. The Hall–Kier alpha value is -1.32. The van der Waals surface area contributed by atoms with Crippen LogP contribution in [0.5, 0.6) is 0 Å². The predicted molar refractivity (Wildman–Crippen MR) is 79.2 cm³/mol. The van der Waals surface area contributed by atoms with Gasteiger partial charge in [-0.3, -0.25) is 4.68 Å². The van der Waals surface area contributed by atoms with E-state index in [-0.39, 0.29) is 6.04 Å². The number of aryl methyl sites for hydroxylation is 1. The second kappa shape index (κ2) is 6.73. The molecule has 0 aliphatic rings. The molecule has 0 spiro atoms. The molecule has 1 N–H and O–H groups in total. The molecule has 1 aromatic carbocycles. The molecule has 0 aliphatic heterocycles. The predicted octanol–water partition coefficient (Wildman–Crippen LogP) is 3.80. The van der Waals surface area contributed by atoms with Crippen LogP contribution in [0.4, 0.5) is 0 Å². The molecule has 19 heavy (non-hydrogen) atoms. The third-order valence-corrected chi connectivity index (χ3v) is 3.34. The van der Waals surface area contributed by atoms with Crippen LogP contribution in [0.15, 0.2) is 36.7 Å². The number of halogens is 1. The highest BCUT2D eigenvalue weighted by molar-refractivity contribution is 6.30. The van der Waals surface area contributed by atoms with E-state index in [0.717, 1.165) is 24.5 Å². The Balaban J connectivity index is 1.90. The summed E-state index contributed by atoms with van der Waals surface area (Å²) in [5.74, 6) is 0. The van der Waals surface area contributed by atoms with Crippen molar-refractivity contribution in [1.29, 1.82) is 0 Å². The van der Waals surface area contributed by atoms with Gasteiger partial charge in [0.05, 0.1) is 6.20 Å². The summed E-state index contributed by atoms with van der Waals surface area (Å²) in [5.41, 5.74) is 2.41. The molecule has 1 atom stereocenters. The highest BCUT2D eigenvalue weighted by Crippen LogP contribution is 2.17. The molecular formula is C15H20ClN3. The number of aromatic nitrogens is 2. The Bertz CT molecular complexity index is 522. The van der Waals surface area contributed by atoms with Gasteiger partial charge in [0.2, 0.25) is 0 Å². The van der Waals surface area contributed by atoms with Gasteiger partial charge in [0.25, 0.3) is 0 Å². The average Bonchev–Trinajstić information content (AvgIpc) is 2.84. The van der Waals surface area contributed by atoms with Gasteiger partial charge in [-0.05, 0) is 31.0 Å². The summed E-state index contributed by atoms with van der Waals surface area (Å²) in [6.45, 7) is 6.09. The molecule has 4 heteroatoms. The van der Waals surface area contributed by atoms with Crippen molar-refractivity contribution in [3.05, 3.63) is 52.8 Å². The molecule has 0 fully saturated rings. The van der Waals surface area contributed by atoms with Crippen molar-refractivity contribution in [2.75, 3.05) is 0 Å². The van der Waals surface area contributed by atoms with Crippen LogP contribution in [0.3, 0.4) is 0 Å². The first-order valence-electron chi connectivity index (χ1n) is 6.69. The van der Waals surface area contributed by atoms with E-state index in [1.165, 1.54) is 11.1 Å². The summed E-state index contributed by atoms with van der Waals surface area (Å²) in [6, 6.07) is 8.24. The third-order valence-electron chi connectivity index (χ3n) is 3.10. The summed E-state index contributed by atoms with van der Waals surface area (Å²) in [4.78, 5) is 0. The molecule has 0 saturated carbocycles. The van der Waals surface area contributed by atoms with Gasteiger partial charge in [-0.15, -0.1) is 0 Å². The Morgan fingerprint density at radius 3 is 3.00 bits per heavy atom. The van der Waals surface area contributed by atoms with Crippen molar-refractivity contribution in [3.63, 3.8) is 0 Å². The fourth-order valence-electron chi connectivity index (χ4n) is 2.01.